The van der Waals surface area contributed by atoms with Gasteiger partial charge in [-0.05, 0) is 86.6 Å². The van der Waals surface area contributed by atoms with Crippen LogP contribution in [0.4, 0.5) is 17.1 Å². The molecular weight excluding hydrogens is 462 g/mol. The van der Waals surface area contributed by atoms with Crippen LogP contribution in [0.2, 0.25) is 5.02 Å². The second kappa shape index (κ2) is 10.9. The summed E-state index contributed by atoms with van der Waals surface area (Å²) in [4.78, 5) is 2.29. The van der Waals surface area contributed by atoms with Crippen molar-refractivity contribution in [3.8, 4) is 0 Å². The molecule has 0 unspecified atom stereocenters. The van der Waals surface area contributed by atoms with E-state index in [-0.39, 0.29) is 0 Å². The Morgan fingerprint density at radius 1 is 0.900 bits per heavy atom. The van der Waals surface area contributed by atoms with E-state index >= 15 is 0 Å². The molecule has 0 aromatic heterocycles. The van der Waals surface area contributed by atoms with Crippen LogP contribution >= 0.6 is 27.5 Å². The fourth-order valence-corrected chi connectivity index (χ4v) is 3.20. The van der Waals surface area contributed by atoms with Crippen LogP contribution in [-0.4, -0.2) is 18.9 Å². The number of hydrogen-bond donors (Lipinski definition) is 1. The monoisotopic (exact) mass is 483 g/mol. The first-order chi connectivity index (χ1) is 14.6. The fourth-order valence-electron chi connectivity index (χ4n) is 2.81. The highest BCUT2D eigenvalue weighted by atomic mass is 79.9. The van der Waals surface area contributed by atoms with Gasteiger partial charge in [0, 0.05) is 33.8 Å². The van der Waals surface area contributed by atoms with Crippen molar-refractivity contribution in [2.75, 3.05) is 23.4 Å². The quantitative estimate of drug-likeness (QED) is 0.163. The molecule has 0 saturated heterocycles. The number of nitrogens with zero attached hydrogens (tertiary/aromatic N) is 4. The van der Waals surface area contributed by atoms with Gasteiger partial charge in [0.2, 0.25) is 5.84 Å². The molecule has 1 N–H and O–H groups in total. The first kappa shape index (κ1) is 22.0. The Kier molecular flexibility index (Phi) is 7.99. The zero-order valence-corrected chi connectivity index (χ0v) is 19.2. The van der Waals surface area contributed by atoms with Gasteiger partial charge < -0.3 is 4.90 Å². The maximum absolute atomic E-state index is 6.02. The average Bonchev–Trinajstić information content (AvgIpc) is 2.77. The maximum Gasteiger partial charge on any atom is 0.201 e. The highest BCUT2D eigenvalue weighted by Crippen LogP contribution is 2.20. The predicted octanol–water partition coefficient (Wildman–Crippen LogP) is 7.51. The van der Waals surface area contributed by atoms with Crippen LogP contribution in [0.3, 0.4) is 0 Å². The van der Waals surface area contributed by atoms with Crippen LogP contribution in [0.25, 0.3) is 0 Å². The number of hydrogen-bond acceptors (Lipinski definition) is 4. The molecule has 0 bridgehead atoms. The Bertz CT molecular complexity index is 995. The Balaban J connectivity index is 1.83. The van der Waals surface area contributed by atoms with Gasteiger partial charge in [0.1, 0.15) is 0 Å². The first-order valence-electron chi connectivity index (χ1n) is 9.71. The summed E-state index contributed by atoms with van der Waals surface area (Å²) in [6, 6.07) is 23.1. The van der Waals surface area contributed by atoms with Crippen molar-refractivity contribution >= 4 is 50.4 Å². The molecule has 3 rings (SSSR count). The molecule has 5 nitrogen and oxygen atoms in total. The minimum atomic E-state index is 0.461. The number of azo groups is 1. The SMILES string of the molecule is CCN(CC)c1ccc(N/N=C(\N=Nc2ccc(Br)cc2)c2ccc(Cl)cc2)cc1. The molecule has 7 heteroatoms. The van der Waals surface area contributed by atoms with E-state index in [9.17, 15) is 0 Å². The minimum absolute atomic E-state index is 0.461. The molecule has 3 aromatic carbocycles. The summed E-state index contributed by atoms with van der Waals surface area (Å²) >= 11 is 9.44. The Morgan fingerprint density at radius 3 is 2.13 bits per heavy atom. The van der Waals surface area contributed by atoms with E-state index in [1.165, 1.54) is 5.69 Å². The van der Waals surface area contributed by atoms with Gasteiger partial charge in [0.15, 0.2) is 0 Å². The molecular formula is C23H23BrClN5. The van der Waals surface area contributed by atoms with Crippen molar-refractivity contribution in [1.82, 2.24) is 0 Å². The summed E-state index contributed by atoms with van der Waals surface area (Å²) in [6.45, 7) is 6.24. The lowest BCUT2D eigenvalue weighted by Gasteiger charge is -2.21. The lowest BCUT2D eigenvalue weighted by Crippen LogP contribution is -2.21. The van der Waals surface area contributed by atoms with Crippen molar-refractivity contribution in [3.63, 3.8) is 0 Å². The van der Waals surface area contributed by atoms with Gasteiger partial charge in [-0.15, -0.1) is 10.2 Å². The molecule has 0 radical (unpaired) electrons. The lowest BCUT2D eigenvalue weighted by molar-refractivity contribution is 0.866. The highest BCUT2D eigenvalue weighted by Gasteiger charge is 2.05. The van der Waals surface area contributed by atoms with Crippen LogP contribution in [0.15, 0.2) is 92.6 Å². The molecule has 30 heavy (non-hydrogen) atoms. The minimum Gasteiger partial charge on any atom is -0.372 e. The molecule has 0 spiro atoms. The second-order valence-corrected chi connectivity index (χ2v) is 7.80. The number of nitrogens with one attached hydrogen (secondary N) is 1. The van der Waals surface area contributed by atoms with Crippen LogP contribution < -0.4 is 10.3 Å². The molecule has 0 heterocycles. The van der Waals surface area contributed by atoms with Crippen molar-refractivity contribution in [2.45, 2.75) is 13.8 Å². The number of benzene rings is 3. The number of amidine groups is 1. The fraction of sp³-hybridized carbons (Fsp3) is 0.174. The van der Waals surface area contributed by atoms with Crippen molar-refractivity contribution in [3.05, 3.63) is 87.9 Å². The van der Waals surface area contributed by atoms with E-state index in [0.717, 1.165) is 34.5 Å². The van der Waals surface area contributed by atoms with E-state index in [0.29, 0.717) is 10.9 Å². The Morgan fingerprint density at radius 2 is 1.53 bits per heavy atom. The van der Waals surface area contributed by atoms with E-state index in [2.05, 4.69) is 67.6 Å². The summed E-state index contributed by atoms with van der Waals surface area (Å²) in [5.41, 5.74) is 6.69. The highest BCUT2D eigenvalue weighted by molar-refractivity contribution is 9.10. The van der Waals surface area contributed by atoms with E-state index in [1.807, 2.05) is 48.5 Å². The van der Waals surface area contributed by atoms with Crippen LogP contribution in [0.1, 0.15) is 19.4 Å². The molecule has 0 fully saturated rings. The van der Waals surface area contributed by atoms with Gasteiger partial charge in [-0.1, -0.05) is 27.5 Å². The maximum atomic E-state index is 6.02. The largest absolute Gasteiger partial charge is 0.372 e. The van der Waals surface area contributed by atoms with Gasteiger partial charge in [0.05, 0.1) is 11.4 Å². The Hall–Kier alpha value is -2.70. The molecule has 0 saturated carbocycles. The summed E-state index contributed by atoms with van der Waals surface area (Å²) < 4.78 is 0.989. The van der Waals surface area contributed by atoms with Gasteiger partial charge in [-0.2, -0.15) is 5.10 Å². The predicted molar refractivity (Wildman–Crippen MR) is 130 cm³/mol. The third-order valence-electron chi connectivity index (χ3n) is 4.48. The smallest absolute Gasteiger partial charge is 0.201 e. The third-order valence-corrected chi connectivity index (χ3v) is 5.26. The number of anilines is 2. The third kappa shape index (κ3) is 6.15. The number of rotatable bonds is 7. The first-order valence-corrected chi connectivity index (χ1v) is 10.9. The molecule has 154 valence electrons. The molecule has 0 aliphatic rings. The zero-order valence-electron chi connectivity index (χ0n) is 16.9. The van der Waals surface area contributed by atoms with E-state index in [4.69, 9.17) is 11.6 Å². The van der Waals surface area contributed by atoms with Crippen LogP contribution in [-0.2, 0) is 0 Å². The van der Waals surface area contributed by atoms with Gasteiger partial charge >= 0.3 is 0 Å². The zero-order chi connectivity index (χ0) is 21.3. The number of halogens is 2. The Labute approximate surface area is 190 Å². The summed E-state index contributed by atoms with van der Waals surface area (Å²) in [7, 11) is 0. The molecule has 0 amide bonds. The van der Waals surface area contributed by atoms with Crippen molar-refractivity contribution in [1.29, 1.82) is 0 Å². The molecule has 0 aliphatic heterocycles. The summed E-state index contributed by atoms with van der Waals surface area (Å²) in [5.74, 6) is 0.461. The van der Waals surface area contributed by atoms with Gasteiger partial charge in [0.25, 0.3) is 0 Å². The topological polar surface area (TPSA) is 52.3 Å². The normalized spacial score (nSPS) is 11.7. The average molecular weight is 485 g/mol. The van der Waals surface area contributed by atoms with E-state index in [1.54, 1.807) is 12.1 Å². The summed E-state index contributed by atoms with van der Waals surface area (Å²) in [5, 5.41) is 13.8. The lowest BCUT2D eigenvalue weighted by atomic mass is 10.2. The molecule has 0 aliphatic carbocycles. The van der Waals surface area contributed by atoms with E-state index < -0.39 is 0 Å². The van der Waals surface area contributed by atoms with Crippen LogP contribution in [0, 0.1) is 0 Å². The van der Waals surface area contributed by atoms with Gasteiger partial charge in [-0.3, -0.25) is 5.43 Å². The van der Waals surface area contributed by atoms with Crippen LogP contribution in [0.5, 0.6) is 0 Å². The van der Waals surface area contributed by atoms with Crippen molar-refractivity contribution in [2.24, 2.45) is 15.3 Å². The number of hydrazone groups is 1. The second-order valence-electron chi connectivity index (χ2n) is 6.45. The standard InChI is InChI=1S/C23H23BrClN5/c1-3-30(4-2)22-15-13-21(14-16-22)27-29-23(17-5-9-19(25)10-6-17)28-26-20-11-7-18(24)8-12-20/h5-16,27H,3-4H2,1-2H3/b28-26?,29-23-. The molecule has 3 aromatic rings. The molecule has 0 atom stereocenters. The summed E-state index contributed by atoms with van der Waals surface area (Å²) in [6.07, 6.45) is 0. The van der Waals surface area contributed by atoms with Gasteiger partial charge in [-0.25, -0.2) is 0 Å². The van der Waals surface area contributed by atoms with Crippen molar-refractivity contribution < 1.29 is 0 Å².